The van der Waals surface area contributed by atoms with Gasteiger partial charge in [0, 0.05) is 17.1 Å². The van der Waals surface area contributed by atoms with Crippen LogP contribution in [0.15, 0.2) is 48.0 Å². The van der Waals surface area contributed by atoms with E-state index in [1.807, 2.05) is 6.92 Å². The predicted molar refractivity (Wildman–Crippen MR) is 111 cm³/mol. The van der Waals surface area contributed by atoms with Gasteiger partial charge in [0.05, 0.1) is 13.7 Å². The molecule has 8 nitrogen and oxygen atoms in total. The molecule has 0 atom stereocenters. The van der Waals surface area contributed by atoms with Crippen molar-refractivity contribution in [3.8, 4) is 11.5 Å². The van der Waals surface area contributed by atoms with Crippen LogP contribution in [0.2, 0.25) is 0 Å². The zero-order valence-electron chi connectivity index (χ0n) is 16.0. The van der Waals surface area contributed by atoms with Crippen LogP contribution in [0.3, 0.4) is 0 Å². The lowest BCUT2D eigenvalue weighted by atomic mass is 10.2. The van der Waals surface area contributed by atoms with Gasteiger partial charge in [-0.05, 0) is 42.8 Å². The number of amides is 2. The van der Waals surface area contributed by atoms with Crippen LogP contribution in [0.25, 0.3) is 0 Å². The van der Waals surface area contributed by atoms with Crippen LogP contribution in [-0.4, -0.2) is 35.5 Å². The van der Waals surface area contributed by atoms with E-state index in [1.165, 1.54) is 0 Å². The first-order valence-corrected chi connectivity index (χ1v) is 9.78. The van der Waals surface area contributed by atoms with Crippen LogP contribution in [0.1, 0.15) is 34.2 Å². The van der Waals surface area contributed by atoms with E-state index in [4.69, 9.17) is 9.47 Å². The van der Waals surface area contributed by atoms with E-state index in [0.717, 1.165) is 17.8 Å². The average Bonchev–Trinajstić information content (AvgIpc) is 3.21. The number of thiazole rings is 1. The van der Waals surface area contributed by atoms with Gasteiger partial charge in [-0.25, -0.2) is 9.97 Å². The van der Waals surface area contributed by atoms with Crippen LogP contribution in [0.5, 0.6) is 11.5 Å². The molecule has 3 aromatic rings. The number of benzene rings is 1. The molecule has 2 heterocycles. The van der Waals surface area contributed by atoms with Gasteiger partial charge in [-0.2, -0.15) is 0 Å². The highest BCUT2D eigenvalue weighted by Crippen LogP contribution is 2.23. The molecular weight excluding hydrogens is 392 g/mol. The molecule has 2 N–H and O–H groups in total. The van der Waals surface area contributed by atoms with E-state index in [9.17, 15) is 9.59 Å². The first-order valence-electron chi connectivity index (χ1n) is 8.90. The van der Waals surface area contributed by atoms with Crippen LogP contribution in [0.4, 0.5) is 10.9 Å². The molecule has 29 heavy (non-hydrogen) atoms. The van der Waals surface area contributed by atoms with Gasteiger partial charge in [-0.3, -0.25) is 14.9 Å². The maximum absolute atomic E-state index is 12.5. The quantitative estimate of drug-likeness (QED) is 0.583. The minimum atomic E-state index is -0.439. The molecule has 0 aliphatic rings. The number of aromatic nitrogens is 2. The highest BCUT2D eigenvalue weighted by Gasteiger charge is 2.16. The molecule has 0 spiro atoms. The Bertz CT molecular complexity index is 988. The number of hydrogen-bond donors (Lipinski definition) is 2. The summed E-state index contributed by atoms with van der Waals surface area (Å²) in [5.41, 5.74) is 0.630. The van der Waals surface area contributed by atoms with Gasteiger partial charge < -0.3 is 14.8 Å². The van der Waals surface area contributed by atoms with E-state index in [2.05, 4.69) is 20.6 Å². The summed E-state index contributed by atoms with van der Waals surface area (Å²) in [6.07, 6.45) is 2.40. The standard InChI is InChI=1S/C20H20N4O4S/c1-3-11-28-16-5-4-10-21-17(16)23-19(26)15-12-29-20(22-15)24-18(25)13-6-8-14(27-2)9-7-13/h4-10,12H,3,11H2,1-2H3,(H,21,23,26)(H,22,24,25). The number of anilines is 2. The second kappa shape index (κ2) is 9.65. The summed E-state index contributed by atoms with van der Waals surface area (Å²) in [5, 5.41) is 7.25. The molecule has 2 aromatic heterocycles. The average molecular weight is 412 g/mol. The second-order valence-electron chi connectivity index (χ2n) is 5.87. The van der Waals surface area contributed by atoms with Crippen molar-refractivity contribution in [1.29, 1.82) is 0 Å². The zero-order chi connectivity index (χ0) is 20.6. The summed E-state index contributed by atoms with van der Waals surface area (Å²) in [5.74, 6) is 0.709. The van der Waals surface area contributed by atoms with Crippen LogP contribution in [-0.2, 0) is 0 Å². The number of rotatable bonds is 8. The number of methoxy groups -OCH3 is 1. The summed E-state index contributed by atoms with van der Waals surface area (Å²) in [4.78, 5) is 33.1. The van der Waals surface area contributed by atoms with Crippen molar-refractivity contribution in [1.82, 2.24) is 9.97 Å². The number of carbonyl (C=O) groups excluding carboxylic acids is 2. The summed E-state index contributed by atoms with van der Waals surface area (Å²) < 4.78 is 10.7. The lowest BCUT2D eigenvalue weighted by Gasteiger charge is -2.09. The highest BCUT2D eigenvalue weighted by molar-refractivity contribution is 7.14. The fourth-order valence-electron chi connectivity index (χ4n) is 2.33. The highest BCUT2D eigenvalue weighted by atomic mass is 32.1. The second-order valence-corrected chi connectivity index (χ2v) is 6.73. The number of hydrogen-bond acceptors (Lipinski definition) is 7. The fraction of sp³-hybridized carbons (Fsp3) is 0.200. The summed E-state index contributed by atoms with van der Waals surface area (Å²) in [7, 11) is 1.56. The maximum Gasteiger partial charge on any atom is 0.276 e. The third-order valence-electron chi connectivity index (χ3n) is 3.77. The number of nitrogens with one attached hydrogen (secondary N) is 2. The van der Waals surface area contributed by atoms with Gasteiger partial charge in [0.15, 0.2) is 16.7 Å². The topological polar surface area (TPSA) is 102 Å². The van der Waals surface area contributed by atoms with Gasteiger partial charge in [-0.15, -0.1) is 11.3 Å². The van der Waals surface area contributed by atoms with Crippen LogP contribution < -0.4 is 20.1 Å². The van der Waals surface area contributed by atoms with Crippen molar-refractivity contribution in [2.24, 2.45) is 0 Å². The Labute approximate surface area is 171 Å². The Morgan fingerprint density at radius 1 is 1.10 bits per heavy atom. The normalized spacial score (nSPS) is 10.3. The molecule has 3 rings (SSSR count). The minimum Gasteiger partial charge on any atom is -0.497 e. The molecule has 0 bridgehead atoms. The molecule has 1 aromatic carbocycles. The van der Waals surface area contributed by atoms with E-state index in [-0.39, 0.29) is 11.6 Å². The summed E-state index contributed by atoms with van der Waals surface area (Å²) >= 11 is 1.16. The van der Waals surface area contributed by atoms with Gasteiger partial charge in [-0.1, -0.05) is 6.92 Å². The Balaban J connectivity index is 1.65. The van der Waals surface area contributed by atoms with Crippen LogP contribution in [0, 0.1) is 0 Å². The largest absolute Gasteiger partial charge is 0.497 e. The number of nitrogens with zero attached hydrogens (tertiary/aromatic N) is 2. The molecule has 9 heteroatoms. The van der Waals surface area contributed by atoms with E-state index in [0.29, 0.717) is 34.6 Å². The summed E-state index contributed by atoms with van der Waals surface area (Å²) in [6, 6.07) is 10.2. The Kier molecular flexibility index (Phi) is 6.75. The van der Waals surface area contributed by atoms with E-state index >= 15 is 0 Å². The molecule has 0 saturated carbocycles. The van der Waals surface area contributed by atoms with Gasteiger partial charge in [0.25, 0.3) is 11.8 Å². The monoisotopic (exact) mass is 412 g/mol. The molecule has 0 radical (unpaired) electrons. The molecular formula is C20H20N4O4S. The molecule has 0 aliphatic heterocycles. The number of carbonyl (C=O) groups is 2. The van der Waals surface area contributed by atoms with Crippen molar-refractivity contribution in [2.75, 3.05) is 24.4 Å². The molecule has 0 aliphatic carbocycles. The smallest absolute Gasteiger partial charge is 0.276 e. The van der Waals surface area contributed by atoms with E-state index < -0.39 is 5.91 Å². The van der Waals surface area contributed by atoms with Gasteiger partial charge in [0.1, 0.15) is 11.4 Å². The van der Waals surface area contributed by atoms with Gasteiger partial charge >= 0.3 is 0 Å². The number of pyridine rings is 1. The first kappa shape index (κ1) is 20.3. The van der Waals surface area contributed by atoms with Crippen LogP contribution >= 0.6 is 11.3 Å². The summed E-state index contributed by atoms with van der Waals surface area (Å²) in [6.45, 7) is 2.51. The Morgan fingerprint density at radius 3 is 2.62 bits per heavy atom. The predicted octanol–water partition coefficient (Wildman–Crippen LogP) is 3.84. The number of ether oxygens (including phenoxy) is 2. The zero-order valence-corrected chi connectivity index (χ0v) is 16.8. The molecule has 0 unspecified atom stereocenters. The molecule has 150 valence electrons. The Hall–Kier alpha value is -3.46. The third-order valence-corrected chi connectivity index (χ3v) is 4.53. The van der Waals surface area contributed by atoms with Crippen molar-refractivity contribution >= 4 is 34.1 Å². The van der Waals surface area contributed by atoms with Crippen molar-refractivity contribution in [3.05, 3.63) is 59.2 Å². The lowest BCUT2D eigenvalue weighted by molar-refractivity contribution is 0.101. The van der Waals surface area contributed by atoms with Crippen molar-refractivity contribution in [3.63, 3.8) is 0 Å². The fourth-order valence-corrected chi connectivity index (χ4v) is 3.02. The molecule has 0 fully saturated rings. The van der Waals surface area contributed by atoms with Crippen molar-refractivity contribution in [2.45, 2.75) is 13.3 Å². The van der Waals surface area contributed by atoms with Crippen molar-refractivity contribution < 1.29 is 19.1 Å². The Morgan fingerprint density at radius 2 is 1.90 bits per heavy atom. The van der Waals surface area contributed by atoms with Gasteiger partial charge in [0.2, 0.25) is 0 Å². The SMILES string of the molecule is CCCOc1cccnc1NC(=O)c1csc(NC(=O)c2ccc(OC)cc2)n1. The molecule has 2 amide bonds. The maximum atomic E-state index is 12.5. The van der Waals surface area contributed by atoms with E-state index in [1.54, 1.807) is 55.1 Å². The molecule has 0 saturated heterocycles. The first-order chi connectivity index (χ1) is 14.1. The lowest BCUT2D eigenvalue weighted by Crippen LogP contribution is -2.15. The third kappa shape index (κ3) is 5.29. The minimum absolute atomic E-state index is 0.173.